The summed E-state index contributed by atoms with van der Waals surface area (Å²) in [5.41, 5.74) is 0.976. The SMILES string of the molecule is O=C(COC(=O)c1cccc(N2C(=O)[C@H]3[C@H](C2=O)[C@H]2C=C[C@H]3C2)c1)Nc1cccc(Cl)c1. The van der Waals surface area contributed by atoms with E-state index in [1.54, 1.807) is 36.4 Å². The molecule has 0 aromatic heterocycles. The van der Waals surface area contributed by atoms with Gasteiger partial charge in [0.1, 0.15) is 0 Å². The number of esters is 1. The van der Waals surface area contributed by atoms with Crippen LogP contribution in [0.2, 0.25) is 5.02 Å². The molecule has 0 radical (unpaired) electrons. The van der Waals surface area contributed by atoms with Gasteiger partial charge in [0.05, 0.1) is 23.1 Å². The lowest BCUT2D eigenvalue weighted by molar-refractivity contribution is -0.123. The topological polar surface area (TPSA) is 92.8 Å². The molecule has 1 heterocycles. The van der Waals surface area contributed by atoms with Crippen molar-refractivity contribution in [1.29, 1.82) is 0 Å². The fourth-order valence-electron chi connectivity index (χ4n) is 4.91. The molecule has 1 N–H and O–H groups in total. The molecule has 8 heteroatoms. The van der Waals surface area contributed by atoms with Gasteiger partial charge in [0.15, 0.2) is 6.61 Å². The number of benzene rings is 2. The van der Waals surface area contributed by atoms with Gasteiger partial charge in [0, 0.05) is 10.7 Å². The summed E-state index contributed by atoms with van der Waals surface area (Å²) in [7, 11) is 0. The summed E-state index contributed by atoms with van der Waals surface area (Å²) in [4.78, 5) is 51.7. The molecular formula is C24H19ClN2O5. The molecule has 7 nitrogen and oxygen atoms in total. The van der Waals surface area contributed by atoms with Crippen LogP contribution in [-0.4, -0.2) is 30.3 Å². The molecule has 0 unspecified atom stereocenters. The van der Waals surface area contributed by atoms with Crippen molar-refractivity contribution in [1.82, 2.24) is 0 Å². The molecule has 2 aromatic rings. The molecule has 2 aliphatic carbocycles. The van der Waals surface area contributed by atoms with Crippen LogP contribution in [-0.2, 0) is 19.1 Å². The first-order valence-electron chi connectivity index (χ1n) is 10.3. The summed E-state index contributed by atoms with van der Waals surface area (Å²) >= 11 is 5.88. The lowest BCUT2D eigenvalue weighted by atomic mass is 9.85. The highest BCUT2D eigenvalue weighted by Crippen LogP contribution is 2.53. The van der Waals surface area contributed by atoms with Crippen molar-refractivity contribution in [2.24, 2.45) is 23.7 Å². The predicted molar refractivity (Wildman–Crippen MR) is 117 cm³/mol. The lowest BCUT2D eigenvalue weighted by Gasteiger charge is -2.18. The highest BCUT2D eigenvalue weighted by molar-refractivity contribution is 6.30. The van der Waals surface area contributed by atoms with Gasteiger partial charge in [0.25, 0.3) is 5.91 Å². The van der Waals surface area contributed by atoms with Crippen LogP contribution in [0, 0.1) is 23.7 Å². The molecule has 1 saturated heterocycles. The fraction of sp³-hybridized carbons (Fsp3) is 0.250. The molecule has 4 atom stereocenters. The van der Waals surface area contributed by atoms with E-state index in [-0.39, 0.29) is 41.0 Å². The van der Waals surface area contributed by atoms with Crippen molar-refractivity contribution in [2.45, 2.75) is 6.42 Å². The molecule has 3 amide bonds. The fourth-order valence-corrected chi connectivity index (χ4v) is 5.10. The zero-order valence-electron chi connectivity index (χ0n) is 16.9. The highest BCUT2D eigenvalue weighted by Gasteiger charge is 2.59. The number of carbonyl (C=O) groups excluding carboxylic acids is 4. The maximum atomic E-state index is 13.0. The number of imide groups is 1. The Bertz CT molecular complexity index is 1150. The average molecular weight is 451 g/mol. The standard InChI is InChI=1S/C24H19ClN2O5/c25-16-4-2-5-17(11-16)26-19(28)12-32-24(31)15-3-1-6-18(10-15)27-22(29)20-13-7-8-14(9-13)21(20)23(27)30/h1-8,10-11,13-14,20-21H,9,12H2,(H,26,28)/t13-,14-,20+,21+/m0/s1. The lowest BCUT2D eigenvalue weighted by Crippen LogP contribution is -2.33. The van der Waals surface area contributed by atoms with E-state index in [9.17, 15) is 19.2 Å². The van der Waals surface area contributed by atoms with Crippen LogP contribution >= 0.6 is 11.6 Å². The van der Waals surface area contributed by atoms with Crippen molar-refractivity contribution in [3.63, 3.8) is 0 Å². The van der Waals surface area contributed by atoms with Gasteiger partial charge >= 0.3 is 5.97 Å². The summed E-state index contributed by atoms with van der Waals surface area (Å²) in [6.07, 6.45) is 4.91. The van der Waals surface area contributed by atoms with Crippen molar-refractivity contribution >= 4 is 46.7 Å². The average Bonchev–Trinajstić information content (AvgIpc) is 3.46. The van der Waals surface area contributed by atoms with Gasteiger partial charge in [0.2, 0.25) is 11.8 Å². The maximum Gasteiger partial charge on any atom is 0.338 e. The first-order chi connectivity index (χ1) is 15.4. The third-order valence-corrected chi connectivity index (χ3v) is 6.49. The zero-order valence-corrected chi connectivity index (χ0v) is 17.6. The van der Waals surface area contributed by atoms with E-state index in [4.69, 9.17) is 16.3 Å². The summed E-state index contributed by atoms with van der Waals surface area (Å²) in [5, 5.41) is 3.06. The molecule has 3 aliphatic rings. The molecule has 1 saturated carbocycles. The Balaban J connectivity index is 1.25. The summed E-state index contributed by atoms with van der Waals surface area (Å²) < 4.78 is 5.10. The Morgan fingerprint density at radius 3 is 2.38 bits per heavy atom. The summed E-state index contributed by atoms with van der Waals surface area (Å²) in [6, 6.07) is 12.8. The van der Waals surface area contributed by atoms with Crippen molar-refractivity contribution < 1.29 is 23.9 Å². The Labute approximate surface area is 189 Å². The van der Waals surface area contributed by atoms with Gasteiger partial charge in [-0.1, -0.05) is 35.9 Å². The second-order valence-electron chi connectivity index (χ2n) is 8.20. The van der Waals surface area contributed by atoms with Crippen molar-refractivity contribution in [3.8, 4) is 0 Å². The first kappa shape index (κ1) is 20.5. The second-order valence-corrected chi connectivity index (χ2v) is 8.63. The van der Waals surface area contributed by atoms with Crippen LogP contribution in [0.25, 0.3) is 0 Å². The summed E-state index contributed by atoms with van der Waals surface area (Å²) in [6.45, 7) is -0.490. The van der Waals surface area contributed by atoms with E-state index >= 15 is 0 Å². The minimum Gasteiger partial charge on any atom is -0.452 e. The molecule has 162 valence electrons. The number of nitrogens with one attached hydrogen (secondary N) is 1. The summed E-state index contributed by atoms with van der Waals surface area (Å²) in [5.74, 6) is -2.10. The number of hydrogen-bond acceptors (Lipinski definition) is 5. The van der Waals surface area contributed by atoms with Crippen LogP contribution in [0.15, 0.2) is 60.7 Å². The number of halogens is 1. The van der Waals surface area contributed by atoms with Crippen molar-refractivity contribution in [3.05, 3.63) is 71.3 Å². The van der Waals surface area contributed by atoms with Gasteiger partial charge in [-0.15, -0.1) is 0 Å². The van der Waals surface area contributed by atoms with E-state index < -0.39 is 18.5 Å². The number of hydrogen-bond donors (Lipinski definition) is 1. The number of amides is 3. The molecule has 2 aromatic carbocycles. The molecule has 0 spiro atoms. The van der Waals surface area contributed by atoms with E-state index in [0.717, 1.165) is 6.42 Å². The van der Waals surface area contributed by atoms with E-state index in [0.29, 0.717) is 16.4 Å². The Morgan fingerprint density at radius 1 is 1.00 bits per heavy atom. The van der Waals surface area contributed by atoms with Crippen LogP contribution in [0.1, 0.15) is 16.8 Å². The van der Waals surface area contributed by atoms with Gasteiger partial charge in [-0.3, -0.25) is 14.4 Å². The number of allylic oxidation sites excluding steroid dienone is 2. The van der Waals surface area contributed by atoms with Gasteiger partial charge in [-0.25, -0.2) is 9.69 Å². The van der Waals surface area contributed by atoms with Gasteiger partial charge in [-0.05, 0) is 54.7 Å². The predicted octanol–water partition coefficient (Wildman–Crippen LogP) is 3.45. The smallest absolute Gasteiger partial charge is 0.338 e. The molecule has 1 aliphatic heterocycles. The zero-order chi connectivity index (χ0) is 22.4. The van der Waals surface area contributed by atoms with E-state index in [1.165, 1.54) is 17.0 Å². The number of fused-ring (bicyclic) bond motifs is 5. The second kappa shape index (κ2) is 7.91. The van der Waals surface area contributed by atoms with E-state index in [1.807, 2.05) is 12.2 Å². The third-order valence-electron chi connectivity index (χ3n) is 6.25. The number of nitrogens with zero attached hydrogens (tertiary/aromatic N) is 1. The number of anilines is 2. The number of carbonyl (C=O) groups is 4. The van der Waals surface area contributed by atoms with Crippen molar-refractivity contribution in [2.75, 3.05) is 16.8 Å². The van der Waals surface area contributed by atoms with Crippen LogP contribution in [0.4, 0.5) is 11.4 Å². The molecule has 2 fully saturated rings. The normalized spacial score (nSPS) is 25.2. The molecule has 5 rings (SSSR count). The van der Waals surface area contributed by atoms with Gasteiger partial charge in [-0.2, -0.15) is 0 Å². The third kappa shape index (κ3) is 3.48. The van der Waals surface area contributed by atoms with Gasteiger partial charge < -0.3 is 10.1 Å². The van der Waals surface area contributed by atoms with Crippen LogP contribution in [0.5, 0.6) is 0 Å². The van der Waals surface area contributed by atoms with Crippen LogP contribution in [0.3, 0.4) is 0 Å². The first-order valence-corrected chi connectivity index (χ1v) is 10.7. The van der Waals surface area contributed by atoms with Crippen LogP contribution < -0.4 is 10.2 Å². The Kier molecular flexibility index (Phi) is 5.06. The minimum absolute atomic E-state index is 0.109. The Morgan fingerprint density at radius 2 is 1.69 bits per heavy atom. The molecule has 32 heavy (non-hydrogen) atoms. The molecule has 2 bridgehead atoms. The quantitative estimate of drug-likeness (QED) is 0.428. The largest absolute Gasteiger partial charge is 0.452 e. The number of ether oxygens (including phenoxy) is 1. The monoisotopic (exact) mass is 450 g/mol. The molecular weight excluding hydrogens is 432 g/mol. The highest BCUT2D eigenvalue weighted by atomic mass is 35.5. The van der Waals surface area contributed by atoms with E-state index in [2.05, 4.69) is 5.32 Å². The minimum atomic E-state index is -0.728. The Hall–Kier alpha value is -3.45. The maximum absolute atomic E-state index is 13.0. The number of rotatable bonds is 5.